The van der Waals surface area contributed by atoms with Gasteiger partial charge in [-0.3, -0.25) is 24.0 Å². The summed E-state index contributed by atoms with van der Waals surface area (Å²) in [5.41, 5.74) is 21.1. The number of nitriles is 1. The number of aryl methyl sites for hydroxylation is 1. The van der Waals surface area contributed by atoms with Crippen LogP contribution in [-0.4, -0.2) is 86.6 Å². The number of nitrogens with zero attached hydrogens (tertiary/aromatic N) is 2. The Hall–Kier alpha value is -5.62. The Morgan fingerprint density at radius 2 is 1.54 bits per heavy atom. The molecule has 328 valence electrons. The third-order valence-corrected chi connectivity index (χ3v) is 10.8. The summed E-state index contributed by atoms with van der Waals surface area (Å²) in [7, 11) is 1.51. The van der Waals surface area contributed by atoms with E-state index in [4.69, 9.17) is 31.4 Å². The normalized spacial score (nSPS) is 17.1. The Morgan fingerprint density at radius 3 is 2.16 bits per heavy atom. The third kappa shape index (κ3) is 13.2. The van der Waals surface area contributed by atoms with Gasteiger partial charge in [0.2, 0.25) is 11.8 Å². The van der Waals surface area contributed by atoms with Crippen LogP contribution in [0.5, 0.6) is 17.2 Å². The Morgan fingerprint density at radius 1 is 0.869 bits per heavy atom. The van der Waals surface area contributed by atoms with Crippen LogP contribution in [0.15, 0.2) is 54.6 Å². The summed E-state index contributed by atoms with van der Waals surface area (Å²) < 4.78 is 18.1. The van der Waals surface area contributed by atoms with Crippen molar-refractivity contribution in [2.45, 2.75) is 84.7 Å². The second kappa shape index (κ2) is 23.4. The second-order valence-corrected chi connectivity index (χ2v) is 16.1. The van der Waals surface area contributed by atoms with Gasteiger partial charge in [-0.05, 0) is 97.8 Å². The quantitative estimate of drug-likeness (QED) is 0.110. The molecule has 2 amide bonds. The summed E-state index contributed by atoms with van der Waals surface area (Å²) >= 11 is 0. The van der Waals surface area contributed by atoms with Crippen molar-refractivity contribution >= 4 is 29.2 Å². The topological polar surface area (TPSA) is 230 Å². The molecule has 0 aliphatic carbocycles. The van der Waals surface area contributed by atoms with Gasteiger partial charge in [0.15, 0.2) is 17.3 Å². The molecule has 1 aliphatic rings. The maximum absolute atomic E-state index is 14.6. The number of nitrogens with two attached hydrogens (primary N) is 3. The maximum Gasteiger partial charge on any atom is 0.226 e. The number of likely N-dealkylation sites (N-methyl/N-ethyl adjacent to an activating group) is 1. The number of rotatable bonds is 20. The molecule has 7 N–H and O–H groups in total. The molecule has 14 heteroatoms. The molecule has 4 rings (SSSR count). The van der Waals surface area contributed by atoms with E-state index >= 15 is 0 Å². The molecule has 0 radical (unpaired) electrons. The predicted molar refractivity (Wildman–Crippen MR) is 233 cm³/mol. The van der Waals surface area contributed by atoms with E-state index in [-0.39, 0.29) is 82.9 Å². The first kappa shape index (κ1) is 48.1. The maximum atomic E-state index is 14.6. The van der Waals surface area contributed by atoms with Crippen LogP contribution in [0.25, 0.3) is 11.1 Å². The molecule has 1 aliphatic heterocycles. The lowest BCUT2D eigenvalue weighted by atomic mass is 9.88. The van der Waals surface area contributed by atoms with Crippen LogP contribution in [0.3, 0.4) is 0 Å². The monoisotopic (exact) mass is 838 g/mol. The number of carbonyl (C=O) groups is 5. The van der Waals surface area contributed by atoms with Crippen LogP contribution in [0, 0.1) is 36.0 Å². The molecule has 4 atom stereocenters. The van der Waals surface area contributed by atoms with E-state index < -0.39 is 41.5 Å². The summed E-state index contributed by atoms with van der Waals surface area (Å²) in [4.78, 5) is 71.7. The molecule has 4 bridgehead atoms. The molecule has 61 heavy (non-hydrogen) atoms. The standard InChI is InChI=1S/C47H62N6O8/c1-29(2)15-20-59-35-10-11-36(30(3)23-35)41(55)28-34(14-17-49)47(58)53(5)45-33-9-13-44(61-22-19-51)38(27-33)37-25-32(8-12-43(37)60-21-18-50)26-39(40(54)7-6-16-48)52-46(57)31(4)24-42(45)56/h8-13,23,25,27,29,31,34,39,45H,6-7,14-15,17-22,24,26,28,49-51H2,1-5H3,(H,52,57)/t31-,34-,39+,45+/m1/s1. The van der Waals surface area contributed by atoms with Crippen molar-refractivity contribution in [3.63, 3.8) is 0 Å². The Bertz CT molecular complexity index is 2060. The molecule has 1 heterocycles. The van der Waals surface area contributed by atoms with Gasteiger partial charge in [-0.2, -0.15) is 5.26 Å². The van der Waals surface area contributed by atoms with E-state index in [0.29, 0.717) is 63.2 Å². The Balaban J connectivity index is 1.81. The number of fused-ring (bicyclic) bond motifs is 5. The summed E-state index contributed by atoms with van der Waals surface area (Å²) in [6, 6.07) is 15.6. The minimum absolute atomic E-state index is 0.0246. The van der Waals surface area contributed by atoms with Gasteiger partial charge in [0, 0.05) is 74.3 Å². The van der Waals surface area contributed by atoms with Gasteiger partial charge in [-0.1, -0.05) is 32.9 Å². The molecule has 3 aromatic rings. The number of benzene rings is 3. The second-order valence-electron chi connectivity index (χ2n) is 16.1. The highest BCUT2D eigenvalue weighted by Crippen LogP contribution is 2.41. The third-order valence-electron chi connectivity index (χ3n) is 10.8. The van der Waals surface area contributed by atoms with Crippen molar-refractivity contribution in [1.29, 1.82) is 5.26 Å². The van der Waals surface area contributed by atoms with Gasteiger partial charge in [0.05, 0.1) is 18.7 Å². The summed E-state index contributed by atoms with van der Waals surface area (Å²) in [6.45, 7) is 9.12. The number of nitrogens with one attached hydrogen (secondary N) is 1. The lowest BCUT2D eigenvalue weighted by Gasteiger charge is -2.32. The minimum Gasteiger partial charge on any atom is -0.494 e. The zero-order valence-electron chi connectivity index (χ0n) is 36.2. The van der Waals surface area contributed by atoms with E-state index in [0.717, 1.165) is 6.42 Å². The van der Waals surface area contributed by atoms with Gasteiger partial charge in [0.1, 0.15) is 36.5 Å². The lowest BCUT2D eigenvalue weighted by Crippen LogP contribution is -2.46. The SMILES string of the molecule is Cc1cc(OCCC(C)C)ccc1C(=O)C[C@@H](CCN)C(=O)N(C)[C@@H]1C(=O)C[C@@H](C)C(=O)N[C@H](C(=O)CCC#N)Cc2ccc(OCCN)c(c2)-c2cc1ccc2OCCN. The van der Waals surface area contributed by atoms with Gasteiger partial charge in [-0.25, -0.2) is 0 Å². The van der Waals surface area contributed by atoms with Gasteiger partial charge in [0.25, 0.3) is 0 Å². The fourth-order valence-corrected chi connectivity index (χ4v) is 7.43. The van der Waals surface area contributed by atoms with E-state index in [1.807, 2.05) is 25.1 Å². The Labute approximate surface area is 359 Å². The molecular formula is C47H62N6O8. The van der Waals surface area contributed by atoms with Gasteiger partial charge in [-0.15, -0.1) is 0 Å². The average molecular weight is 839 g/mol. The number of hydrogen-bond acceptors (Lipinski definition) is 12. The highest BCUT2D eigenvalue weighted by molar-refractivity contribution is 6.01. The van der Waals surface area contributed by atoms with Crippen LogP contribution < -0.4 is 36.7 Å². The molecule has 0 fully saturated rings. The van der Waals surface area contributed by atoms with Crippen molar-refractivity contribution in [2.75, 3.05) is 46.5 Å². The molecule has 0 saturated heterocycles. The smallest absolute Gasteiger partial charge is 0.226 e. The number of Topliss-reactive ketones (excluding diaryl/α,β-unsaturated/α-hetero) is 3. The zero-order valence-corrected chi connectivity index (χ0v) is 36.2. The summed E-state index contributed by atoms with van der Waals surface area (Å²) in [5, 5.41) is 12.1. The minimum atomic E-state index is -1.21. The highest BCUT2D eigenvalue weighted by atomic mass is 16.5. The molecule has 0 aromatic heterocycles. The molecular weight excluding hydrogens is 777 g/mol. The van der Waals surface area contributed by atoms with E-state index in [1.54, 1.807) is 49.4 Å². The fourth-order valence-electron chi connectivity index (χ4n) is 7.43. The van der Waals surface area contributed by atoms with Crippen molar-refractivity contribution in [3.05, 3.63) is 76.9 Å². The van der Waals surface area contributed by atoms with Crippen LogP contribution in [0.4, 0.5) is 0 Å². The fraction of sp³-hybridized carbons (Fsp3) is 0.489. The van der Waals surface area contributed by atoms with E-state index in [1.165, 1.54) is 11.9 Å². The van der Waals surface area contributed by atoms with E-state index in [2.05, 4.69) is 19.2 Å². The van der Waals surface area contributed by atoms with Gasteiger partial charge >= 0.3 is 0 Å². The number of hydrogen-bond donors (Lipinski definition) is 4. The predicted octanol–water partition coefficient (Wildman–Crippen LogP) is 5.01. The first-order valence-corrected chi connectivity index (χ1v) is 21.1. The largest absolute Gasteiger partial charge is 0.494 e. The number of carbonyl (C=O) groups excluding carboxylic acids is 5. The van der Waals surface area contributed by atoms with Crippen molar-refractivity contribution in [2.24, 2.45) is 35.0 Å². The van der Waals surface area contributed by atoms with Gasteiger partial charge < -0.3 is 41.6 Å². The summed E-state index contributed by atoms with van der Waals surface area (Å²) in [6.07, 6.45) is 0.646. The number of ketones is 3. The number of amides is 2. The van der Waals surface area contributed by atoms with E-state index in [9.17, 15) is 29.2 Å². The highest BCUT2D eigenvalue weighted by Gasteiger charge is 2.36. The molecule has 0 saturated carbocycles. The average Bonchev–Trinajstić information content (AvgIpc) is 3.23. The number of ether oxygens (including phenoxy) is 3. The van der Waals surface area contributed by atoms with Crippen molar-refractivity contribution < 1.29 is 38.2 Å². The lowest BCUT2D eigenvalue weighted by molar-refractivity contribution is -0.142. The molecule has 0 unspecified atom stereocenters. The van der Waals surface area contributed by atoms with Crippen LogP contribution in [0.2, 0.25) is 0 Å². The van der Waals surface area contributed by atoms with Crippen LogP contribution in [0.1, 0.15) is 92.4 Å². The molecule has 14 nitrogen and oxygen atoms in total. The molecule has 3 aromatic carbocycles. The van der Waals surface area contributed by atoms with Crippen molar-refractivity contribution in [3.8, 4) is 34.4 Å². The molecule has 0 spiro atoms. The summed E-state index contributed by atoms with van der Waals surface area (Å²) in [5.74, 6) is -1.77. The zero-order chi connectivity index (χ0) is 44.6. The van der Waals surface area contributed by atoms with Crippen LogP contribution >= 0.6 is 0 Å². The van der Waals surface area contributed by atoms with Crippen molar-refractivity contribution in [1.82, 2.24) is 10.2 Å². The first-order valence-electron chi connectivity index (χ1n) is 21.1. The first-order chi connectivity index (χ1) is 29.2. The Kier molecular flexibility index (Phi) is 18.4. The van der Waals surface area contributed by atoms with Crippen LogP contribution in [-0.2, 0) is 25.6 Å².